The highest BCUT2D eigenvalue weighted by Crippen LogP contribution is 2.27. The number of sulfonamides is 1. The average Bonchev–Trinajstić information content (AvgIpc) is 2.86. The van der Waals surface area contributed by atoms with Crippen LogP contribution in [0.5, 0.6) is 5.75 Å². The number of aromatic nitrogens is 2. The second-order valence-electron chi connectivity index (χ2n) is 4.65. The fourth-order valence-electron chi connectivity index (χ4n) is 1.96. The Labute approximate surface area is 130 Å². The van der Waals surface area contributed by atoms with Crippen molar-refractivity contribution in [2.45, 2.75) is 24.8 Å². The zero-order valence-corrected chi connectivity index (χ0v) is 13.1. The predicted octanol–water partition coefficient (Wildman–Crippen LogP) is 2.41. The number of halogens is 3. The molecule has 0 atom stereocenters. The third kappa shape index (κ3) is 3.76. The quantitative estimate of drug-likeness (QED) is 0.869. The van der Waals surface area contributed by atoms with Gasteiger partial charge in [0.2, 0.25) is 0 Å². The Hall–Kier alpha value is -2.23. The summed E-state index contributed by atoms with van der Waals surface area (Å²) < 4.78 is 70.9. The molecule has 0 saturated carbocycles. The van der Waals surface area contributed by atoms with Crippen LogP contribution in [0.1, 0.15) is 5.56 Å². The molecule has 0 amide bonds. The van der Waals surface area contributed by atoms with Crippen LogP contribution in [0.2, 0.25) is 0 Å². The summed E-state index contributed by atoms with van der Waals surface area (Å²) in [7, 11) is -2.83. The van der Waals surface area contributed by atoms with Gasteiger partial charge in [0.25, 0.3) is 16.4 Å². The van der Waals surface area contributed by atoms with E-state index in [4.69, 9.17) is 4.74 Å². The van der Waals surface area contributed by atoms with Crippen molar-refractivity contribution in [3.8, 4) is 5.75 Å². The van der Waals surface area contributed by atoms with E-state index in [1.165, 1.54) is 26.2 Å². The van der Waals surface area contributed by atoms with Gasteiger partial charge >= 0.3 is 0 Å². The molecule has 2 aromatic rings. The summed E-state index contributed by atoms with van der Waals surface area (Å²) in [6.07, 6.45) is -0.397. The number of methoxy groups -OCH3 is 1. The summed E-state index contributed by atoms with van der Waals surface area (Å²) in [4.78, 5) is -0.280. The molecule has 1 heterocycles. The van der Waals surface area contributed by atoms with Crippen molar-refractivity contribution in [3.63, 3.8) is 0 Å². The first-order chi connectivity index (χ1) is 10.7. The maximum absolute atomic E-state index is 14.0. The van der Waals surface area contributed by atoms with E-state index in [1.807, 2.05) is 0 Å². The minimum absolute atomic E-state index is 0.00118. The normalized spacial score (nSPS) is 11.7. The van der Waals surface area contributed by atoms with Crippen LogP contribution in [0.4, 0.5) is 18.9 Å². The van der Waals surface area contributed by atoms with Crippen LogP contribution >= 0.6 is 0 Å². The van der Waals surface area contributed by atoms with Crippen molar-refractivity contribution in [2.24, 2.45) is 0 Å². The molecule has 126 valence electrons. The molecule has 0 aliphatic carbocycles. The fourth-order valence-corrected chi connectivity index (χ4v) is 3.22. The summed E-state index contributed by atoms with van der Waals surface area (Å²) in [5.41, 5.74) is -0.113. The van der Waals surface area contributed by atoms with E-state index in [0.717, 1.165) is 17.1 Å². The van der Waals surface area contributed by atoms with Crippen LogP contribution in [0.15, 0.2) is 29.4 Å². The first-order valence-electron chi connectivity index (χ1n) is 6.41. The topological polar surface area (TPSA) is 73.2 Å². The molecule has 1 aromatic heterocycles. The number of nitrogens with zero attached hydrogens (tertiary/aromatic N) is 2. The molecule has 0 aliphatic rings. The second-order valence-corrected chi connectivity index (χ2v) is 6.30. The van der Waals surface area contributed by atoms with Gasteiger partial charge in [0, 0.05) is 11.8 Å². The SMILES string of the molecule is COc1ccc(S(=O)(=O)Nc2cnn(CC(F)F)c2)c(C)c1F. The van der Waals surface area contributed by atoms with Gasteiger partial charge in [-0.05, 0) is 19.1 Å². The van der Waals surface area contributed by atoms with Gasteiger partial charge in [-0.1, -0.05) is 0 Å². The summed E-state index contributed by atoms with van der Waals surface area (Å²) in [6, 6.07) is 2.39. The first-order valence-corrected chi connectivity index (χ1v) is 7.89. The van der Waals surface area contributed by atoms with E-state index < -0.39 is 28.8 Å². The summed E-state index contributed by atoms with van der Waals surface area (Å²) in [5.74, 6) is -0.866. The van der Waals surface area contributed by atoms with E-state index in [-0.39, 0.29) is 21.9 Å². The highest BCUT2D eigenvalue weighted by molar-refractivity contribution is 7.92. The Morgan fingerprint density at radius 1 is 1.39 bits per heavy atom. The molecular formula is C13H14F3N3O3S. The molecule has 0 bridgehead atoms. The fraction of sp³-hybridized carbons (Fsp3) is 0.308. The van der Waals surface area contributed by atoms with Crippen molar-refractivity contribution in [2.75, 3.05) is 11.8 Å². The molecule has 1 aromatic carbocycles. The van der Waals surface area contributed by atoms with E-state index in [9.17, 15) is 21.6 Å². The molecule has 23 heavy (non-hydrogen) atoms. The standard InChI is InChI=1S/C13H14F3N3O3S/c1-8-11(4-3-10(22-2)13(8)16)23(20,21)18-9-5-17-19(6-9)7-12(14)15/h3-6,12,18H,7H2,1-2H3. The van der Waals surface area contributed by atoms with Crippen molar-refractivity contribution < 1.29 is 26.3 Å². The molecule has 6 nitrogen and oxygen atoms in total. The highest BCUT2D eigenvalue weighted by atomic mass is 32.2. The average molecular weight is 349 g/mol. The lowest BCUT2D eigenvalue weighted by molar-refractivity contribution is 0.122. The predicted molar refractivity (Wildman–Crippen MR) is 76.7 cm³/mol. The van der Waals surface area contributed by atoms with Crippen LogP contribution in [-0.4, -0.2) is 31.7 Å². The Morgan fingerprint density at radius 2 is 2.09 bits per heavy atom. The zero-order valence-electron chi connectivity index (χ0n) is 12.3. The second kappa shape index (κ2) is 6.49. The van der Waals surface area contributed by atoms with E-state index in [0.29, 0.717) is 0 Å². The molecule has 0 unspecified atom stereocenters. The molecule has 2 rings (SSSR count). The third-order valence-corrected chi connectivity index (χ3v) is 4.55. The molecule has 0 fully saturated rings. The van der Waals surface area contributed by atoms with Crippen molar-refractivity contribution in [1.82, 2.24) is 9.78 Å². The van der Waals surface area contributed by atoms with Crippen molar-refractivity contribution in [3.05, 3.63) is 35.9 Å². The zero-order chi connectivity index (χ0) is 17.2. The summed E-state index contributed by atoms with van der Waals surface area (Å²) in [5, 5.41) is 3.62. The number of benzene rings is 1. The van der Waals surface area contributed by atoms with Gasteiger partial charge < -0.3 is 4.74 Å². The maximum Gasteiger partial charge on any atom is 0.262 e. The van der Waals surface area contributed by atoms with Crippen molar-refractivity contribution in [1.29, 1.82) is 0 Å². The van der Waals surface area contributed by atoms with E-state index >= 15 is 0 Å². The van der Waals surface area contributed by atoms with Gasteiger partial charge in [0.1, 0.15) is 6.54 Å². The Balaban J connectivity index is 2.29. The largest absolute Gasteiger partial charge is 0.494 e. The van der Waals surface area contributed by atoms with Gasteiger partial charge in [-0.15, -0.1) is 0 Å². The van der Waals surface area contributed by atoms with Crippen LogP contribution in [0.3, 0.4) is 0 Å². The van der Waals surface area contributed by atoms with Gasteiger partial charge in [0.15, 0.2) is 11.6 Å². The number of nitrogens with one attached hydrogen (secondary N) is 1. The third-order valence-electron chi connectivity index (χ3n) is 3.02. The monoisotopic (exact) mass is 349 g/mol. The maximum atomic E-state index is 14.0. The number of rotatable bonds is 6. The molecular weight excluding hydrogens is 335 g/mol. The van der Waals surface area contributed by atoms with Crippen LogP contribution in [-0.2, 0) is 16.6 Å². The summed E-state index contributed by atoms with van der Waals surface area (Å²) in [6.45, 7) is 0.643. The summed E-state index contributed by atoms with van der Waals surface area (Å²) >= 11 is 0. The molecule has 0 radical (unpaired) electrons. The molecule has 10 heteroatoms. The van der Waals surface area contributed by atoms with Crippen LogP contribution < -0.4 is 9.46 Å². The number of hydrogen-bond acceptors (Lipinski definition) is 4. The molecule has 0 spiro atoms. The van der Waals surface area contributed by atoms with Gasteiger partial charge in [0.05, 0.1) is 23.9 Å². The van der Waals surface area contributed by atoms with E-state index in [1.54, 1.807) is 0 Å². The van der Waals surface area contributed by atoms with Crippen molar-refractivity contribution >= 4 is 15.7 Å². The van der Waals surface area contributed by atoms with Gasteiger partial charge in [-0.3, -0.25) is 9.40 Å². The Bertz CT molecular complexity index is 806. The molecule has 0 aliphatic heterocycles. The lowest BCUT2D eigenvalue weighted by atomic mass is 10.2. The minimum Gasteiger partial charge on any atom is -0.494 e. The van der Waals surface area contributed by atoms with Crippen LogP contribution in [0, 0.1) is 12.7 Å². The molecule has 1 N–H and O–H groups in total. The number of alkyl halides is 2. The lowest BCUT2D eigenvalue weighted by Gasteiger charge is -2.11. The minimum atomic E-state index is -4.09. The van der Waals surface area contributed by atoms with Gasteiger partial charge in [-0.25, -0.2) is 21.6 Å². The van der Waals surface area contributed by atoms with Gasteiger partial charge in [-0.2, -0.15) is 5.10 Å². The first kappa shape index (κ1) is 17.1. The van der Waals surface area contributed by atoms with Crippen LogP contribution in [0.25, 0.3) is 0 Å². The number of hydrogen-bond donors (Lipinski definition) is 1. The van der Waals surface area contributed by atoms with E-state index in [2.05, 4.69) is 9.82 Å². The Morgan fingerprint density at radius 3 is 2.70 bits per heavy atom. The lowest BCUT2D eigenvalue weighted by Crippen LogP contribution is -2.15. The highest BCUT2D eigenvalue weighted by Gasteiger charge is 2.22. The number of ether oxygens (including phenoxy) is 1. The molecule has 0 saturated heterocycles. The number of anilines is 1. The smallest absolute Gasteiger partial charge is 0.262 e. The Kier molecular flexibility index (Phi) is 4.83.